The molecule has 1 heterocycles. The second-order valence-electron chi connectivity index (χ2n) is 5.38. The Morgan fingerprint density at radius 2 is 2.05 bits per heavy atom. The Bertz CT molecular complexity index is 327. The van der Waals surface area contributed by atoms with Gasteiger partial charge in [-0.3, -0.25) is 14.5 Å². The van der Waals surface area contributed by atoms with E-state index < -0.39 is 11.4 Å². The molecule has 0 aromatic rings. The lowest BCUT2D eigenvalue weighted by molar-refractivity contribution is -0.158. The van der Waals surface area contributed by atoms with Gasteiger partial charge in [0.15, 0.2) is 5.78 Å². The molecule has 0 amide bonds. The van der Waals surface area contributed by atoms with Crippen molar-refractivity contribution in [2.45, 2.75) is 40.2 Å². The first-order valence-corrected chi connectivity index (χ1v) is 6.95. The van der Waals surface area contributed by atoms with Crippen LogP contribution < -0.4 is 0 Å². The molecule has 19 heavy (non-hydrogen) atoms. The lowest BCUT2D eigenvalue weighted by Gasteiger charge is -2.36. The van der Waals surface area contributed by atoms with Crippen LogP contribution in [-0.4, -0.2) is 55.6 Å². The smallest absolute Gasteiger partial charge is 0.319 e. The van der Waals surface area contributed by atoms with E-state index in [1.807, 2.05) is 0 Å². The molecule has 0 aliphatic carbocycles. The number of rotatable bonds is 6. The summed E-state index contributed by atoms with van der Waals surface area (Å²) in [6.45, 7) is 9.71. The van der Waals surface area contributed by atoms with E-state index in [4.69, 9.17) is 9.47 Å². The van der Waals surface area contributed by atoms with Gasteiger partial charge in [-0.2, -0.15) is 0 Å². The first-order chi connectivity index (χ1) is 8.93. The van der Waals surface area contributed by atoms with E-state index in [0.717, 1.165) is 13.0 Å². The second-order valence-corrected chi connectivity index (χ2v) is 5.38. The van der Waals surface area contributed by atoms with Gasteiger partial charge in [0.2, 0.25) is 0 Å². The summed E-state index contributed by atoms with van der Waals surface area (Å²) < 4.78 is 10.4. The molecule has 1 unspecified atom stereocenters. The standard InChI is InChI=1S/C14H25NO4/c1-5-11-10-18-8-7-15(11)9-12(16)14(3,4)13(17)19-6-2/h11H,5-10H2,1-4H3. The third kappa shape index (κ3) is 4.01. The zero-order valence-corrected chi connectivity index (χ0v) is 12.4. The van der Waals surface area contributed by atoms with Gasteiger partial charge in [0.1, 0.15) is 5.41 Å². The SMILES string of the molecule is CCOC(=O)C(C)(C)C(=O)CN1CCOCC1CC. The number of morpholine rings is 1. The Balaban J connectivity index is 2.64. The molecule has 0 N–H and O–H groups in total. The molecule has 1 rings (SSSR count). The summed E-state index contributed by atoms with van der Waals surface area (Å²) in [6, 6.07) is 0.260. The van der Waals surface area contributed by atoms with Gasteiger partial charge in [0.05, 0.1) is 26.4 Å². The highest BCUT2D eigenvalue weighted by atomic mass is 16.5. The molecule has 1 saturated heterocycles. The van der Waals surface area contributed by atoms with E-state index >= 15 is 0 Å². The zero-order chi connectivity index (χ0) is 14.5. The molecular weight excluding hydrogens is 246 g/mol. The van der Waals surface area contributed by atoms with E-state index in [2.05, 4.69) is 11.8 Å². The van der Waals surface area contributed by atoms with Crippen LogP contribution in [0.1, 0.15) is 34.1 Å². The molecular formula is C14H25NO4. The molecule has 5 nitrogen and oxygen atoms in total. The number of Topliss-reactive ketones (excluding diaryl/α,β-unsaturated/α-hetero) is 1. The predicted octanol–water partition coefficient (Wildman–Crippen LogP) is 1.26. The fraction of sp³-hybridized carbons (Fsp3) is 0.857. The number of ketones is 1. The molecule has 1 fully saturated rings. The summed E-state index contributed by atoms with van der Waals surface area (Å²) in [5.74, 6) is -0.535. The fourth-order valence-corrected chi connectivity index (χ4v) is 2.08. The maximum atomic E-state index is 12.3. The molecule has 0 aromatic heterocycles. The van der Waals surface area contributed by atoms with E-state index in [1.54, 1.807) is 20.8 Å². The summed E-state index contributed by atoms with van der Waals surface area (Å²) in [5.41, 5.74) is -1.08. The molecule has 0 aromatic carbocycles. The minimum Gasteiger partial charge on any atom is -0.465 e. The van der Waals surface area contributed by atoms with Crippen molar-refractivity contribution >= 4 is 11.8 Å². The Morgan fingerprint density at radius 3 is 2.63 bits per heavy atom. The van der Waals surface area contributed by atoms with Crippen molar-refractivity contribution < 1.29 is 19.1 Å². The molecule has 1 aliphatic rings. The van der Waals surface area contributed by atoms with Crippen LogP contribution in [0.2, 0.25) is 0 Å². The van der Waals surface area contributed by atoms with Gasteiger partial charge in [-0.15, -0.1) is 0 Å². The monoisotopic (exact) mass is 271 g/mol. The third-order valence-corrected chi connectivity index (χ3v) is 3.65. The second kappa shape index (κ2) is 7.01. The van der Waals surface area contributed by atoms with Crippen molar-refractivity contribution in [3.8, 4) is 0 Å². The first-order valence-electron chi connectivity index (χ1n) is 6.95. The highest BCUT2D eigenvalue weighted by molar-refractivity contribution is 6.03. The Kier molecular flexibility index (Phi) is 5.94. The summed E-state index contributed by atoms with van der Waals surface area (Å²) in [6.07, 6.45) is 0.938. The molecule has 0 radical (unpaired) electrons. The summed E-state index contributed by atoms with van der Waals surface area (Å²) in [4.78, 5) is 26.2. The molecule has 0 spiro atoms. The molecule has 1 aliphatic heterocycles. The van der Waals surface area contributed by atoms with E-state index in [9.17, 15) is 9.59 Å². The van der Waals surface area contributed by atoms with Crippen LogP contribution >= 0.6 is 0 Å². The van der Waals surface area contributed by atoms with Gasteiger partial charge in [0.25, 0.3) is 0 Å². The van der Waals surface area contributed by atoms with Crippen LogP contribution in [0.15, 0.2) is 0 Å². The Morgan fingerprint density at radius 1 is 1.37 bits per heavy atom. The van der Waals surface area contributed by atoms with Crippen molar-refractivity contribution in [1.82, 2.24) is 4.90 Å². The zero-order valence-electron chi connectivity index (χ0n) is 12.4. The number of esters is 1. The Hall–Kier alpha value is -0.940. The van der Waals surface area contributed by atoms with E-state index in [0.29, 0.717) is 19.8 Å². The highest BCUT2D eigenvalue weighted by Gasteiger charge is 2.38. The lowest BCUT2D eigenvalue weighted by Crippen LogP contribution is -2.50. The lowest BCUT2D eigenvalue weighted by atomic mass is 9.87. The average Bonchev–Trinajstić information content (AvgIpc) is 2.39. The minimum absolute atomic E-state index is 0.0914. The van der Waals surface area contributed by atoms with Gasteiger partial charge in [-0.1, -0.05) is 6.92 Å². The van der Waals surface area contributed by atoms with E-state index in [1.165, 1.54) is 0 Å². The Labute approximate surface area is 115 Å². The fourth-order valence-electron chi connectivity index (χ4n) is 2.08. The van der Waals surface area contributed by atoms with Crippen molar-refractivity contribution in [2.24, 2.45) is 5.41 Å². The van der Waals surface area contributed by atoms with Crippen molar-refractivity contribution in [1.29, 1.82) is 0 Å². The molecule has 1 atom stereocenters. The maximum absolute atomic E-state index is 12.3. The van der Waals surface area contributed by atoms with Gasteiger partial charge >= 0.3 is 5.97 Å². The molecule has 110 valence electrons. The van der Waals surface area contributed by atoms with Gasteiger partial charge in [-0.25, -0.2) is 0 Å². The van der Waals surface area contributed by atoms with Crippen LogP contribution in [0.4, 0.5) is 0 Å². The molecule has 0 bridgehead atoms. The predicted molar refractivity (Wildman–Crippen MR) is 71.9 cm³/mol. The number of nitrogens with zero attached hydrogens (tertiary/aromatic N) is 1. The number of hydrogen-bond acceptors (Lipinski definition) is 5. The number of hydrogen-bond donors (Lipinski definition) is 0. The number of carbonyl (C=O) groups is 2. The summed E-state index contributed by atoms with van der Waals surface area (Å²) >= 11 is 0. The average molecular weight is 271 g/mol. The van der Waals surface area contributed by atoms with E-state index in [-0.39, 0.29) is 18.4 Å². The van der Waals surface area contributed by atoms with Crippen LogP contribution in [0.25, 0.3) is 0 Å². The van der Waals surface area contributed by atoms with Crippen LogP contribution in [0.3, 0.4) is 0 Å². The molecule has 0 saturated carbocycles. The van der Waals surface area contributed by atoms with Gasteiger partial charge < -0.3 is 9.47 Å². The van der Waals surface area contributed by atoms with Crippen LogP contribution in [0, 0.1) is 5.41 Å². The number of carbonyl (C=O) groups excluding carboxylic acids is 2. The summed E-state index contributed by atoms with van der Waals surface area (Å²) in [7, 11) is 0. The number of ether oxygens (including phenoxy) is 2. The maximum Gasteiger partial charge on any atom is 0.319 e. The van der Waals surface area contributed by atoms with Gasteiger partial charge in [0, 0.05) is 12.6 Å². The topological polar surface area (TPSA) is 55.8 Å². The van der Waals surface area contributed by atoms with Crippen molar-refractivity contribution in [3.05, 3.63) is 0 Å². The third-order valence-electron chi connectivity index (χ3n) is 3.65. The molecule has 5 heteroatoms. The van der Waals surface area contributed by atoms with Crippen LogP contribution in [-0.2, 0) is 19.1 Å². The highest BCUT2D eigenvalue weighted by Crippen LogP contribution is 2.21. The van der Waals surface area contributed by atoms with Crippen molar-refractivity contribution in [3.63, 3.8) is 0 Å². The quantitative estimate of drug-likeness (QED) is 0.537. The normalized spacial score (nSPS) is 21.2. The minimum atomic E-state index is -1.08. The van der Waals surface area contributed by atoms with Crippen molar-refractivity contribution in [2.75, 3.05) is 32.9 Å². The van der Waals surface area contributed by atoms with Crippen LogP contribution in [0.5, 0.6) is 0 Å². The summed E-state index contributed by atoms with van der Waals surface area (Å²) in [5, 5.41) is 0. The largest absolute Gasteiger partial charge is 0.465 e. The first kappa shape index (κ1) is 16.1. The van der Waals surface area contributed by atoms with Gasteiger partial charge in [-0.05, 0) is 27.2 Å².